The Balaban J connectivity index is 1.83. The normalized spacial score (nSPS) is 10.5. The van der Waals surface area contributed by atoms with E-state index in [9.17, 15) is 14.0 Å². The summed E-state index contributed by atoms with van der Waals surface area (Å²) in [5.41, 5.74) is 2.26. The predicted octanol–water partition coefficient (Wildman–Crippen LogP) is 3.25. The van der Waals surface area contributed by atoms with Gasteiger partial charge in [0.05, 0.1) is 6.54 Å². The highest BCUT2D eigenvalue weighted by Crippen LogP contribution is 2.16. The Morgan fingerprint density at radius 2 is 1.81 bits per heavy atom. The maximum atomic E-state index is 13.0. The van der Waals surface area contributed by atoms with Gasteiger partial charge in [-0.1, -0.05) is 37.3 Å². The summed E-state index contributed by atoms with van der Waals surface area (Å²) in [4.78, 5) is 24.5. The number of aryl methyl sites for hydroxylation is 1. The fourth-order valence-electron chi connectivity index (χ4n) is 2.58. The highest BCUT2D eigenvalue weighted by molar-refractivity contribution is 6.03. The van der Waals surface area contributed by atoms with Crippen molar-refractivity contribution in [2.24, 2.45) is 0 Å². The average Bonchev–Trinajstić information content (AvgIpc) is 2.65. The summed E-state index contributed by atoms with van der Waals surface area (Å²) >= 11 is 0. The summed E-state index contributed by atoms with van der Waals surface area (Å²) in [6, 6.07) is 16.0. The van der Waals surface area contributed by atoms with Crippen molar-refractivity contribution in [2.45, 2.75) is 19.9 Å². The van der Waals surface area contributed by atoms with E-state index in [-0.39, 0.29) is 23.6 Å². The standard InChI is InChI=1S/C20H18FN3O2/c1-2-15-5-3-4-6-17(15)22-20(26)18-11-12-19(25)24(23-18)13-14-7-9-16(21)10-8-14/h3-12H,2,13H2,1H3,(H,22,26). The van der Waals surface area contributed by atoms with Gasteiger partial charge in [0.25, 0.3) is 11.5 Å². The van der Waals surface area contributed by atoms with E-state index in [0.29, 0.717) is 0 Å². The van der Waals surface area contributed by atoms with Crippen LogP contribution >= 0.6 is 0 Å². The molecule has 0 spiro atoms. The minimum Gasteiger partial charge on any atom is -0.320 e. The maximum Gasteiger partial charge on any atom is 0.276 e. The van der Waals surface area contributed by atoms with Gasteiger partial charge in [0, 0.05) is 11.8 Å². The molecule has 1 N–H and O–H groups in total. The second-order valence-corrected chi connectivity index (χ2v) is 5.81. The number of hydrogen-bond acceptors (Lipinski definition) is 3. The lowest BCUT2D eigenvalue weighted by molar-refractivity contribution is 0.102. The van der Waals surface area contributed by atoms with Gasteiger partial charge >= 0.3 is 0 Å². The summed E-state index contributed by atoms with van der Waals surface area (Å²) < 4.78 is 14.2. The van der Waals surface area contributed by atoms with Crippen LogP contribution in [0.4, 0.5) is 10.1 Å². The summed E-state index contributed by atoms with van der Waals surface area (Å²) in [7, 11) is 0. The molecular weight excluding hydrogens is 333 g/mol. The molecule has 0 aliphatic heterocycles. The maximum absolute atomic E-state index is 13.0. The number of halogens is 1. The number of nitrogens with zero attached hydrogens (tertiary/aromatic N) is 2. The molecule has 1 aromatic heterocycles. The van der Waals surface area contributed by atoms with Crippen LogP contribution in [0.5, 0.6) is 0 Å². The van der Waals surface area contributed by atoms with Crippen LogP contribution in [0.15, 0.2) is 65.5 Å². The number of amides is 1. The van der Waals surface area contributed by atoms with Gasteiger partial charge in [-0.25, -0.2) is 9.07 Å². The van der Waals surface area contributed by atoms with Crippen molar-refractivity contribution in [3.63, 3.8) is 0 Å². The number of benzene rings is 2. The Hall–Kier alpha value is -3.28. The monoisotopic (exact) mass is 351 g/mol. The number of anilines is 1. The third-order valence-corrected chi connectivity index (χ3v) is 3.99. The molecule has 0 saturated carbocycles. The summed E-state index contributed by atoms with van der Waals surface area (Å²) in [6.45, 7) is 2.16. The van der Waals surface area contributed by atoms with Gasteiger partial charge in [0.2, 0.25) is 0 Å². The molecule has 3 rings (SSSR count). The van der Waals surface area contributed by atoms with Crippen molar-refractivity contribution in [1.29, 1.82) is 0 Å². The van der Waals surface area contributed by atoms with E-state index in [4.69, 9.17) is 0 Å². The molecule has 0 fully saturated rings. The molecule has 0 aliphatic rings. The van der Waals surface area contributed by atoms with E-state index in [1.54, 1.807) is 12.1 Å². The molecule has 5 nitrogen and oxygen atoms in total. The Bertz CT molecular complexity index is 981. The minimum atomic E-state index is -0.390. The van der Waals surface area contributed by atoms with Crippen LogP contribution in [-0.2, 0) is 13.0 Å². The number of hydrogen-bond donors (Lipinski definition) is 1. The van der Waals surface area contributed by atoms with Gasteiger partial charge in [0.1, 0.15) is 11.5 Å². The zero-order chi connectivity index (χ0) is 18.5. The topological polar surface area (TPSA) is 64.0 Å². The fraction of sp³-hybridized carbons (Fsp3) is 0.150. The first-order valence-electron chi connectivity index (χ1n) is 8.28. The molecule has 26 heavy (non-hydrogen) atoms. The van der Waals surface area contributed by atoms with Crippen LogP contribution in [0.2, 0.25) is 0 Å². The first-order valence-corrected chi connectivity index (χ1v) is 8.28. The van der Waals surface area contributed by atoms with Gasteiger partial charge in [-0.05, 0) is 41.8 Å². The van der Waals surface area contributed by atoms with E-state index in [1.807, 2.05) is 31.2 Å². The van der Waals surface area contributed by atoms with Gasteiger partial charge < -0.3 is 5.32 Å². The second-order valence-electron chi connectivity index (χ2n) is 5.81. The Kier molecular flexibility index (Phi) is 5.22. The van der Waals surface area contributed by atoms with Crippen molar-refractivity contribution in [3.05, 3.63) is 93.7 Å². The first kappa shape index (κ1) is 17.5. The highest BCUT2D eigenvalue weighted by Gasteiger charge is 2.12. The van der Waals surface area contributed by atoms with E-state index < -0.39 is 5.91 Å². The van der Waals surface area contributed by atoms with Crippen molar-refractivity contribution in [2.75, 3.05) is 5.32 Å². The molecule has 3 aromatic rings. The van der Waals surface area contributed by atoms with E-state index in [2.05, 4.69) is 10.4 Å². The first-order chi connectivity index (χ1) is 12.6. The molecule has 1 amide bonds. The number of carbonyl (C=O) groups is 1. The third-order valence-electron chi connectivity index (χ3n) is 3.99. The van der Waals surface area contributed by atoms with Crippen LogP contribution < -0.4 is 10.9 Å². The lowest BCUT2D eigenvalue weighted by Gasteiger charge is -2.10. The van der Waals surface area contributed by atoms with E-state index in [0.717, 1.165) is 23.2 Å². The molecule has 0 bridgehead atoms. The van der Waals surface area contributed by atoms with Gasteiger partial charge in [0.15, 0.2) is 0 Å². The zero-order valence-corrected chi connectivity index (χ0v) is 14.3. The number of aromatic nitrogens is 2. The number of carbonyl (C=O) groups excluding carboxylic acids is 1. The minimum absolute atomic E-state index is 0.137. The quantitative estimate of drug-likeness (QED) is 0.767. The van der Waals surface area contributed by atoms with Crippen molar-refractivity contribution in [3.8, 4) is 0 Å². The molecule has 0 radical (unpaired) electrons. The average molecular weight is 351 g/mol. The number of rotatable bonds is 5. The SMILES string of the molecule is CCc1ccccc1NC(=O)c1ccc(=O)n(Cc2ccc(F)cc2)n1. The molecular formula is C20H18FN3O2. The molecule has 0 atom stereocenters. The molecule has 0 aliphatic carbocycles. The summed E-state index contributed by atoms with van der Waals surface area (Å²) in [5, 5.41) is 6.97. The van der Waals surface area contributed by atoms with Crippen LogP contribution in [0, 0.1) is 5.82 Å². The van der Waals surface area contributed by atoms with Gasteiger partial charge in [-0.3, -0.25) is 9.59 Å². The van der Waals surface area contributed by atoms with Crippen molar-refractivity contribution in [1.82, 2.24) is 9.78 Å². The molecule has 6 heteroatoms. The molecule has 0 unspecified atom stereocenters. The van der Waals surface area contributed by atoms with Gasteiger partial charge in [-0.15, -0.1) is 0 Å². The predicted molar refractivity (Wildman–Crippen MR) is 97.8 cm³/mol. The lowest BCUT2D eigenvalue weighted by Crippen LogP contribution is -2.26. The largest absolute Gasteiger partial charge is 0.320 e. The number of para-hydroxylation sites is 1. The van der Waals surface area contributed by atoms with E-state index >= 15 is 0 Å². The molecule has 132 valence electrons. The third kappa shape index (κ3) is 4.03. The smallest absolute Gasteiger partial charge is 0.276 e. The summed E-state index contributed by atoms with van der Waals surface area (Å²) in [5.74, 6) is -0.740. The zero-order valence-electron chi connectivity index (χ0n) is 14.3. The van der Waals surface area contributed by atoms with Crippen LogP contribution in [0.25, 0.3) is 0 Å². The lowest BCUT2D eigenvalue weighted by atomic mass is 10.1. The Morgan fingerprint density at radius 3 is 2.54 bits per heavy atom. The Morgan fingerprint density at radius 1 is 1.08 bits per heavy atom. The van der Waals surface area contributed by atoms with Gasteiger partial charge in [-0.2, -0.15) is 5.10 Å². The highest BCUT2D eigenvalue weighted by atomic mass is 19.1. The van der Waals surface area contributed by atoms with Crippen molar-refractivity contribution >= 4 is 11.6 Å². The van der Waals surface area contributed by atoms with Crippen molar-refractivity contribution < 1.29 is 9.18 Å². The van der Waals surface area contributed by atoms with Crippen LogP contribution in [-0.4, -0.2) is 15.7 Å². The van der Waals surface area contributed by atoms with E-state index in [1.165, 1.54) is 28.9 Å². The molecule has 2 aromatic carbocycles. The second kappa shape index (κ2) is 7.74. The Labute approximate surface area is 150 Å². The number of nitrogens with one attached hydrogen (secondary N) is 1. The molecule has 0 saturated heterocycles. The summed E-state index contributed by atoms with van der Waals surface area (Å²) in [6.07, 6.45) is 0.786. The fourth-order valence-corrected chi connectivity index (χ4v) is 2.58. The van der Waals surface area contributed by atoms with Crippen LogP contribution in [0.1, 0.15) is 28.5 Å². The molecule has 1 heterocycles. The van der Waals surface area contributed by atoms with Crippen LogP contribution in [0.3, 0.4) is 0 Å².